The number of nitrogens with zero attached hydrogens (tertiary/aromatic N) is 2. The third-order valence-electron chi connectivity index (χ3n) is 5.74. The topological polar surface area (TPSA) is 53.6 Å². The average molecular weight is 510 g/mol. The van der Waals surface area contributed by atoms with Crippen molar-refractivity contribution < 1.29 is 0 Å². The quantitative estimate of drug-likeness (QED) is 0.343. The fraction of sp³-hybridized carbons (Fsp3) is 0.500. The summed E-state index contributed by atoms with van der Waals surface area (Å²) in [6, 6.07) is 10.9. The number of aryl methyl sites for hydroxylation is 1. The van der Waals surface area contributed by atoms with Crippen LogP contribution in [0.25, 0.3) is 0 Å². The minimum absolute atomic E-state index is 0. The Bertz CT molecular complexity index is 775. The molecule has 2 heterocycles. The van der Waals surface area contributed by atoms with Crippen molar-refractivity contribution in [2.45, 2.75) is 45.1 Å². The van der Waals surface area contributed by atoms with Gasteiger partial charge in [-0.3, -0.25) is 9.89 Å². The summed E-state index contributed by atoms with van der Waals surface area (Å²) in [5, 5.41) is 5.54. The maximum Gasteiger partial charge on any atom is 0.193 e. The molecule has 6 heteroatoms. The number of piperidine rings is 1. The Hall–Kier alpha value is -1.12. The first-order valence-electron chi connectivity index (χ1n) is 10.2. The third kappa shape index (κ3) is 5.70. The fourth-order valence-electron chi connectivity index (χ4n) is 4.37. The Morgan fingerprint density at radius 1 is 1.18 bits per heavy atom. The maximum absolute atomic E-state index is 6.23. The number of benzene rings is 1. The molecule has 4 rings (SSSR count). The predicted octanol–water partition coefficient (Wildman–Crippen LogP) is 4.88. The molecule has 28 heavy (non-hydrogen) atoms. The Morgan fingerprint density at radius 3 is 2.93 bits per heavy atom. The van der Waals surface area contributed by atoms with Gasteiger partial charge in [-0.05, 0) is 79.6 Å². The normalized spacial score (nSPS) is 20.3. The van der Waals surface area contributed by atoms with Crippen LogP contribution in [0.4, 0.5) is 5.69 Å². The highest BCUT2D eigenvalue weighted by Gasteiger charge is 2.20. The van der Waals surface area contributed by atoms with Crippen LogP contribution in [-0.2, 0) is 19.4 Å². The molecular formula is C22H31IN4S. The number of fused-ring (bicyclic) bond motifs is 1. The van der Waals surface area contributed by atoms with Crippen molar-refractivity contribution in [1.29, 1.82) is 0 Å². The van der Waals surface area contributed by atoms with Crippen molar-refractivity contribution in [3.05, 3.63) is 51.7 Å². The molecule has 1 aliphatic carbocycles. The second kappa shape index (κ2) is 10.6. The number of nitrogens with two attached hydrogens (primary N) is 1. The molecule has 0 saturated carbocycles. The number of anilines is 1. The number of halogens is 1. The molecule has 1 aromatic heterocycles. The molecule has 1 aliphatic heterocycles. The van der Waals surface area contributed by atoms with Crippen LogP contribution in [-0.4, -0.2) is 30.5 Å². The van der Waals surface area contributed by atoms with E-state index in [-0.39, 0.29) is 24.0 Å². The number of guanidine groups is 1. The lowest BCUT2D eigenvalue weighted by Crippen LogP contribution is -2.36. The predicted molar refractivity (Wildman–Crippen MR) is 131 cm³/mol. The van der Waals surface area contributed by atoms with Crippen molar-refractivity contribution >= 4 is 47.0 Å². The summed E-state index contributed by atoms with van der Waals surface area (Å²) >= 11 is 1.85. The molecule has 0 spiro atoms. The highest BCUT2D eigenvalue weighted by Crippen LogP contribution is 2.27. The van der Waals surface area contributed by atoms with Crippen molar-refractivity contribution in [1.82, 2.24) is 4.90 Å². The van der Waals surface area contributed by atoms with Crippen LogP contribution in [0.3, 0.4) is 0 Å². The van der Waals surface area contributed by atoms with E-state index in [1.165, 1.54) is 54.7 Å². The lowest BCUT2D eigenvalue weighted by Gasteiger charge is -2.31. The van der Waals surface area contributed by atoms with Gasteiger partial charge in [-0.2, -0.15) is 0 Å². The van der Waals surface area contributed by atoms with Crippen LogP contribution in [0, 0.1) is 5.92 Å². The van der Waals surface area contributed by atoms with Gasteiger partial charge in [0.05, 0.1) is 0 Å². The molecule has 0 radical (unpaired) electrons. The van der Waals surface area contributed by atoms with Gasteiger partial charge in [0.15, 0.2) is 5.96 Å². The summed E-state index contributed by atoms with van der Waals surface area (Å²) < 4.78 is 0. The van der Waals surface area contributed by atoms with Crippen LogP contribution >= 0.6 is 35.3 Å². The van der Waals surface area contributed by atoms with Crippen molar-refractivity contribution in [3.8, 4) is 0 Å². The molecule has 1 atom stereocenters. The molecule has 1 saturated heterocycles. The van der Waals surface area contributed by atoms with Gasteiger partial charge < -0.3 is 11.1 Å². The first kappa shape index (κ1) is 21.6. The summed E-state index contributed by atoms with van der Waals surface area (Å²) in [5.41, 5.74) is 10.3. The number of aliphatic imine (C=N–C) groups is 1. The van der Waals surface area contributed by atoms with Gasteiger partial charge in [0, 0.05) is 30.2 Å². The SMILES string of the molecule is I.NC(=NCC1CCCN(Cc2cccs2)C1)Nc1cccc2c1CCCC2. The van der Waals surface area contributed by atoms with Gasteiger partial charge in [-0.15, -0.1) is 35.3 Å². The summed E-state index contributed by atoms with van der Waals surface area (Å²) in [4.78, 5) is 8.70. The Labute approximate surface area is 189 Å². The zero-order valence-electron chi connectivity index (χ0n) is 16.4. The Balaban J connectivity index is 0.00000225. The van der Waals surface area contributed by atoms with E-state index >= 15 is 0 Å². The molecule has 2 aromatic rings. The van der Waals surface area contributed by atoms with Crippen molar-refractivity contribution in [2.24, 2.45) is 16.6 Å². The number of hydrogen-bond donors (Lipinski definition) is 2. The van der Waals surface area contributed by atoms with Crippen LogP contribution < -0.4 is 11.1 Å². The molecule has 1 fully saturated rings. The van der Waals surface area contributed by atoms with E-state index in [1.807, 2.05) is 11.3 Å². The summed E-state index contributed by atoms with van der Waals surface area (Å²) in [5.74, 6) is 1.16. The fourth-order valence-corrected chi connectivity index (χ4v) is 5.12. The smallest absolute Gasteiger partial charge is 0.193 e. The van der Waals surface area contributed by atoms with Crippen LogP contribution in [0.1, 0.15) is 41.7 Å². The molecular weight excluding hydrogens is 479 g/mol. The standard InChI is InChI=1S/C22H30N4S.HI/c23-22(25-21-11-3-8-18-7-1-2-10-20(18)21)24-14-17-6-4-12-26(15-17)16-19-9-5-13-27-19;/h3,5,8-9,11,13,17H,1-2,4,6-7,10,12,14-16H2,(H3,23,24,25);1H. The molecule has 1 unspecified atom stereocenters. The molecule has 4 nitrogen and oxygen atoms in total. The third-order valence-corrected chi connectivity index (χ3v) is 6.60. The number of likely N-dealkylation sites (tertiary alicyclic amines) is 1. The molecule has 0 bridgehead atoms. The summed E-state index contributed by atoms with van der Waals surface area (Å²) in [6.07, 6.45) is 7.40. The van der Waals surface area contributed by atoms with Gasteiger partial charge >= 0.3 is 0 Å². The van der Waals surface area contributed by atoms with Gasteiger partial charge in [0.2, 0.25) is 0 Å². The van der Waals surface area contributed by atoms with Crippen LogP contribution in [0.15, 0.2) is 40.7 Å². The number of nitrogens with one attached hydrogen (secondary N) is 1. The van der Waals surface area contributed by atoms with E-state index < -0.39 is 0 Å². The number of rotatable bonds is 5. The van der Waals surface area contributed by atoms with E-state index in [9.17, 15) is 0 Å². The van der Waals surface area contributed by atoms with Gasteiger partial charge in [-0.25, -0.2) is 0 Å². The lowest BCUT2D eigenvalue weighted by atomic mass is 9.90. The molecule has 3 N–H and O–H groups in total. The summed E-state index contributed by atoms with van der Waals surface area (Å²) in [7, 11) is 0. The maximum atomic E-state index is 6.23. The second-order valence-corrected chi connectivity index (χ2v) is 8.86. The Kier molecular flexibility index (Phi) is 8.17. The monoisotopic (exact) mass is 510 g/mol. The Morgan fingerprint density at radius 2 is 2.07 bits per heavy atom. The zero-order valence-corrected chi connectivity index (χ0v) is 19.5. The van der Waals surface area contributed by atoms with Crippen LogP contribution in [0.5, 0.6) is 0 Å². The first-order chi connectivity index (χ1) is 13.3. The number of thiophene rings is 1. The van der Waals surface area contributed by atoms with Crippen molar-refractivity contribution in [2.75, 3.05) is 25.0 Å². The van der Waals surface area contributed by atoms with E-state index in [0.717, 1.165) is 31.7 Å². The van der Waals surface area contributed by atoms with Gasteiger partial charge in [0.25, 0.3) is 0 Å². The molecule has 152 valence electrons. The van der Waals surface area contributed by atoms with Crippen molar-refractivity contribution in [3.63, 3.8) is 0 Å². The second-order valence-electron chi connectivity index (χ2n) is 7.82. The van der Waals surface area contributed by atoms with E-state index in [4.69, 9.17) is 5.73 Å². The zero-order chi connectivity index (χ0) is 18.5. The molecule has 0 amide bonds. The number of hydrogen-bond acceptors (Lipinski definition) is 3. The lowest BCUT2D eigenvalue weighted by molar-refractivity contribution is 0.172. The summed E-state index contributed by atoms with van der Waals surface area (Å²) in [6.45, 7) is 4.20. The van der Waals surface area contributed by atoms with Crippen LogP contribution in [0.2, 0.25) is 0 Å². The first-order valence-corrected chi connectivity index (χ1v) is 11.1. The highest BCUT2D eigenvalue weighted by atomic mass is 127. The van der Waals surface area contributed by atoms with Gasteiger partial charge in [0.1, 0.15) is 0 Å². The largest absolute Gasteiger partial charge is 0.370 e. The molecule has 1 aromatic carbocycles. The minimum Gasteiger partial charge on any atom is -0.370 e. The van der Waals surface area contributed by atoms with Gasteiger partial charge in [-0.1, -0.05) is 18.2 Å². The highest BCUT2D eigenvalue weighted by molar-refractivity contribution is 14.0. The molecule has 2 aliphatic rings. The van der Waals surface area contributed by atoms with E-state index in [2.05, 4.69) is 50.9 Å². The average Bonchev–Trinajstić information content (AvgIpc) is 3.20. The van der Waals surface area contributed by atoms with E-state index in [1.54, 1.807) is 0 Å². The van der Waals surface area contributed by atoms with E-state index in [0.29, 0.717) is 11.9 Å². The minimum atomic E-state index is 0.